The summed E-state index contributed by atoms with van der Waals surface area (Å²) >= 11 is 3.36. The number of hydrogen-bond acceptors (Lipinski definition) is 4. The molecule has 1 aliphatic rings. The SMILES string of the molecule is CC(C(=O)c1ccc(Br)cc1)N1CCOC(CO)C1. The highest BCUT2D eigenvalue weighted by Crippen LogP contribution is 2.16. The number of halogens is 1. The quantitative estimate of drug-likeness (QED) is 0.855. The van der Waals surface area contributed by atoms with Gasteiger partial charge >= 0.3 is 0 Å². The van der Waals surface area contributed by atoms with Crippen molar-refractivity contribution < 1.29 is 14.6 Å². The summed E-state index contributed by atoms with van der Waals surface area (Å²) < 4.78 is 6.36. The zero-order chi connectivity index (χ0) is 13.8. The van der Waals surface area contributed by atoms with Crippen LogP contribution in [0.4, 0.5) is 0 Å². The number of rotatable bonds is 4. The molecule has 0 spiro atoms. The highest BCUT2D eigenvalue weighted by atomic mass is 79.9. The molecule has 2 rings (SSSR count). The molecule has 2 atom stereocenters. The van der Waals surface area contributed by atoms with Gasteiger partial charge in [0, 0.05) is 23.1 Å². The van der Waals surface area contributed by atoms with E-state index in [1.807, 2.05) is 31.2 Å². The highest BCUT2D eigenvalue weighted by molar-refractivity contribution is 9.10. The summed E-state index contributed by atoms with van der Waals surface area (Å²) in [6, 6.07) is 7.20. The zero-order valence-corrected chi connectivity index (χ0v) is 12.5. The molecule has 1 fully saturated rings. The number of benzene rings is 1. The number of aliphatic hydroxyl groups is 1. The number of aliphatic hydroxyl groups excluding tert-OH is 1. The van der Waals surface area contributed by atoms with E-state index in [2.05, 4.69) is 20.8 Å². The first-order valence-electron chi connectivity index (χ1n) is 6.38. The first kappa shape index (κ1) is 14.7. The summed E-state index contributed by atoms with van der Waals surface area (Å²) in [7, 11) is 0. The second-order valence-corrected chi connectivity index (χ2v) is 5.63. The summed E-state index contributed by atoms with van der Waals surface area (Å²) in [6.45, 7) is 3.78. The Morgan fingerprint density at radius 3 is 2.84 bits per heavy atom. The van der Waals surface area contributed by atoms with Crippen LogP contribution < -0.4 is 0 Å². The molecule has 5 heteroatoms. The lowest BCUT2D eigenvalue weighted by molar-refractivity contribution is -0.0592. The summed E-state index contributed by atoms with van der Waals surface area (Å²) in [5.41, 5.74) is 0.711. The Balaban J connectivity index is 2.04. The van der Waals surface area contributed by atoms with Crippen molar-refractivity contribution in [2.45, 2.75) is 19.1 Å². The molecule has 0 amide bonds. The van der Waals surface area contributed by atoms with Gasteiger partial charge in [0.1, 0.15) is 0 Å². The molecule has 0 aromatic heterocycles. The van der Waals surface area contributed by atoms with E-state index in [1.165, 1.54) is 0 Å². The molecule has 0 bridgehead atoms. The van der Waals surface area contributed by atoms with Gasteiger partial charge in [-0.3, -0.25) is 9.69 Å². The highest BCUT2D eigenvalue weighted by Gasteiger charge is 2.27. The molecule has 1 heterocycles. The van der Waals surface area contributed by atoms with Gasteiger partial charge in [-0.25, -0.2) is 0 Å². The summed E-state index contributed by atoms with van der Waals surface area (Å²) in [6.07, 6.45) is -0.186. The van der Waals surface area contributed by atoms with Crippen LogP contribution in [0.2, 0.25) is 0 Å². The van der Waals surface area contributed by atoms with Crippen molar-refractivity contribution in [2.24, 2.45) is 0 Å². The van der Waals surface area contributed by atoms with Crippen LogP contribution in [0.25, 0.3) is 0 Å². The summed E-state index contributed by atoms with van der Waals surface area (Å²) in [4.78, 5) is 14.5. The van der Waals surface area contributed by atoms with Gasteiger partial charge < -0.3 is 9.84 Å². The lowest BCUT2D eigenvalue weighted by atomic mass is 10.0. The molecular weight excluding hydrogens is 310 g/mol. The molecule has 1 N–H and O–H groups in total. The van der Waals surface area contributed by atoms with Gasteiger partial charge in [0.2, 0.25) is 0 Å². The molecular formula is C14H18BrNO3. The van der Waals surface area contributed by atoms with Crippen molar-refractivity contribution in [1.82, 2.24) is 4.90 Å². The number of hydrogen-bond donors (Lipinski definition) is 1. The Kier molecular flexibility index (Phi) is 5.10. The number of ether oxygens (including phenoxy) is 1. The van der Waals surface area contributed by atoms with E-state index in [0.29, 0.717) is 18.7 Å². The predicted molar refractivity (Wildman–Crippen MR) is 76.3 cm³/mol. The second kappa shape index (κ2) is 6.61. The molecule has 0 aliphatic carbocycles. The third-order valence-corrected chi connectivity index (χ3v) is 3.96. The Morgan fingerprint density at radius 1 is 1.53 bits per heavy atom. The number of carbonyl (C=O) groups excluding carboxylic acids is 1. The largest absolute Gasteiger partial charge is 0.394 e. The molecule has 4 nitrogen and oxygen atoms in total. The lowest BCUT2D eigenvalue weighted by Crippen LogP contribution is -2.50. The fraction of sp³-hybridized carbons (Fsp3) is 0.500. The fourth-order valence-electron chi connectivity index (χ4n) is 2.23. The Bertz CT molecular complexity index is 435. The van der Waals surface area contributed by atoms with Gasteiger partial charge in [-0.15, -0.1) is 0 Å². The number of carbonyl (C=O) groups is 1. The van der Waals surface area contributed by atoms with E-state index >= 15 is 0 Å². The van der Waals surface area contributed by atoms with Gasteiger partial charge in [0.05, 0.1) is 25.4 Å². The molecule has 1 aromatic rings. The maximum absolute atomic E-state index is 12.4. The molecule has 1 aliphatic heterocycles. The van der Waals surface area contributed by atoms with Gasteiger partial charge in [-0.05, 0) is 19.1 Å². The molecule has 1 aromatic carbocycles. The van der Waals surface area contributed by atoms with E-state index in [-0.39, 0.29) is 24.5 Å². The van der Waals surface area contributed by atoms with Crippen LogP contribution in [0.15, 0.2) is 28.7 Å². The fourth-order valence-corrected chi connectivity index (χ4v) is 2.49. The molecule has 0 saturated carbocycles. The number of Topliss-reactive ketones (excluding diaryl/α,β-unsaturated/α-hetero) is 1. The average Bonchev–Trinajstić information content (AvgIpc) is 2.46. The van der Waals surface area contributed by atoms with Crippen LogP contribution >= 0.6 is 15.9 Å². The standard InChI is InChI=1S/C14H18BrNO3/c1-10(16-6-7-19-13(8-16)9-17)14(18)11-2-4-12(15)5-3-11/h2-5,10,13,17H,6-9H2,1H3. The third kappa shape index (κ3) is 3.63. The maximum atomic E-state index is 12.4. The molecule has 2 unspecified atom stereocenters. The minimum absolute atomic E-state index is 0.00427. The van der Waals surface area contributed by atoms with E-state index in [9.17, 15) is 4.79 Å². The van der Waals surface area contributed by atoms with Crippen LogP contribution in [-0.4, -0.2) is 54.2 Å². The first-order chi connectivity index (χ1) is 9.11. The van der Waals surface area contributed by atoms with Crippen LogP contribution in [0.1, 0.15) is 17.3 Å². The number of ketones is 1. The number of nitrogens with zero attached hydrogens (tertiary/aromatic N) is 1. The van der Waals surface area contributed by atoms with Gasteiger partial charge in [0.15, 0.2) is 5.78 Å². The van der Waals surface area contributed by atoms with Crippen molar-refractivity contribution >= 4 is 21.7 Å². The van der Waals surface area contributed by atoms with Crippen LogP contribution in [0.3, 0.4) is 0 Å². The zero-order valence-electron chi connectivity index (χ0n) is 10.9. The van der Waals surface area contributed by atoms with Crippen molar-refractivity contribution in [3.05, 3.63) is 34.3 Å². The van der Waals surface area contributed by atoms with Crippen LogP contribution in [0.5, 0.6) is 0 Å². The van der Waals surface area contributed by atoms with Crippen molar-refractivity contribution in [1.29, 1.82) is 0 Å². The van der Waals surface area contributed by atoms with Crippen molar-refractivity contribution in [2.75, 3.05) is 26.3 Å². The molecule has 104 valence electrons. The number of morpholine rings is 1. The van der Waals surface area contributed by atoms with Crippen molar-refractivity contribution in [3.63, 3.8) is 0 Å². The lowest BCUT2D eigenvalue weighted by Gasteiger charge is -2.35. The van der Waals surface area contributed by atoms with Gasteiger partial charge in [-0.2, -0.15) is 0 Å². The van der Waals surface area contributed by atoms with E-state index in [1.54, 1.807) is 0 Å². The predicted octanol–water partition coefficient (Wildman–Crippen LogP) is 1.71. The maximum Gasteiger partial charge on any atom is 0.179 e. The Morgan fingerprint density at radius 2 is 2.21 bits per heavy atom. The van der Waals surface area contributed by atoms with E-state index in [4.69, 9.17) is 9.84 Å². The Labute approximate surface area is 121 Å². The Hall–Kier alpha value is -0.750. The second-order valence-electron chi connectivity index (χ2n) is 4.72. The smallest absolute Gasteiger partial charge is 0.179 e. The summed E-state index contributed by atoms with van der Waals surface area (Å²) in [5.74, 6) is 0.103. The molecule has 1 saturated heterocycles. The van der Waals surface area contributed by atoms with E-state index in [0.717, 1.165) is 11.0 Å². The minimum atomic E-state index is -0.195. The monoisotopic (exact) mass is 327 g/mol. The van der Waals surface area contributed by atoms with Crippen molar-refractivity contribution in [3.8, 4) is 0 Å². The van der Waals surface area contributed by atoms with Gasteiger partial charge in [-0.1, -0.05) is 28.1 Å². The first-order valence-corrected chi connectivity index (χ1v) is 7.17. The van der Waals surface area contributed by atoms with Crippen LogP contribution in [-0.2, 0) is 4.74 Å². The normalized spacial score (nSPS) is 22.2. The van der Waals surface area contributed by atoms with Gasteiger partial charge in [0.25, 0.3) is 0 Å². The average molecular weight is 328 g/mol. The van der Waals surface area contributed by atoms with Crippen LogP contribution in [0, 0.1) is 0 Å². The third-order valence-electron chi connectivity index (χ3n) is 3.43. The van der Waals surface area contributed by atoms with E-state index < -0.39 is 0 Å². The molecule has 19 heavy (non-hydrogen) atoms. The minimum Gasteiger partial charge on any atom is -0.394 e. The summed E-state index contributed by atoms with van der Waals surface area (Å²) in [5, 5.41) is 9.13. The molecule has 0 radical (unpaired) electrons. The topological polar surface area (TPSA) is 49.8 Å².